The zero-order valence-electron chi connectivity index (χ0n) is 13.5. The molecule has 0 radical (unpaired) electrons. The van der Waals surface area contributed by atoms with E-state index in [0.717, 1.165) is 31.2 Å². The Balaban J connectivity index is 1.71. The lowest BCUT2D eigenvalue weighted by molar-refractivity contribution is 0.0678. The van der Waals surface area contributed by atoms with E-state index in [0.29, 0.717) is 12.1 Å². The van der Waals surface area contributed by atoms with Crippen LogP contribution in [0.3, 0.4) is 0 Å². The van der Waals surface area contributed by atoms with Gasteiger partial charge in [-0.15, -0.1) is 0 Å². The van der Waals surface area contributed by atoms with Gasteiger partial charge in [-0.1, -0.05) is 25.3 Å². The van der Waals surface area contributed by atoms with Crippen molar-refractivity contribution >= 4 is 0 Å². The Morgan fingerprint density at radius 3 is 2.81 bits per heavy atom. The summed E-state index contributed by atoms with van der Waals surface area (Å²) in [5.41, 5.74) is 2.36. The first-order chi connectivity index (χ1) is 10.2. The minimum atomic E-state index is 0.592. The highest BCUT2D eigenvalue weighted by atomic mass is 15.2. The van der Waals surface area contributed by atoms with Crippen LogP contribution in [0.2, 0.25) is 0 Å². The third-order valence-corrected chi connectivity index (χ3v) is 5.16. The van der Waals surface area contributed by atoms with E-state index in [2.05, 4.69) is 42.3 Å². The van der Waals surface area contributed by atoms with Gasteiger partial charge in [0.15, 0.2) is 0 Å². The summed E-state index contributed by atoms with van der Waals surface area (Å²) in [5, 5.41) is 3.69. The maximum atomic E-state index is 4.71. The van der Waals surface area contributed by atoms with Crippen LogP contribution in [0.15, 0.2) is 18.2 Å². The molecular weight excluding hydrogens is 258 g/mol. The average Bonchev–Trinajstić information content (AvgIpc) is 2.48. The van der Waals surface area contributed by atoms with Crippen LogP contribution in [0.5, 0.6) is 0 Å². The molecule has 1 aliphatic carbocycles. The van der Waals surface area contributed by atoms with Crippen LogP contribution in [0.1, 0.15) is 50.4 Å². The van der Waals surface area contributed by atoms with Gasteiger partial charge in [-0.25, -0.2) is 0 Å². The molecule has 0 bridgehead atoms. The molecule has 0 aromatic carbocycles. The molecule has 2 aliphatic rings. The second-order valence-electron chi connectivity index (χ2n) is 6.97. The summed E-state index contributed by atoms with van der Waals surface area (Å²) >= 11 is 0. The maximum Gasteiger partial charge on any atom is 0.0547 e. The molecule has 1 aliphatic heterocycles. The molecule has 116 valence electrons. The summed E-state index contributed by atoms with van der Waals surface area (Å²) < 4.78 is 0. The van der Waals surface area contributed by atoms with Crippen molar-refractivity contribution in [3.63, 3.8) is 0 Å². The van der Waals surface area contributed by atoms with Gasteiger partial charge in [0.25, 0.3) is 0 Å². The van der Waals surface area contributed by atoms with Crippen LogP contribution in [0, 0.1) is 12.8 Å². The molecule has 1 aromatic heterocycles. The predicted octanol–water partition coefficient (Wildman–Crippen LogP) is 3.13. The summed E-state index contributed by atoms with van der Waals surface area (Å²) in [7, 11) is 0. The second-order valence-corrected chi connectivity index (χ2v) is 6.97. The van der Waals surface area contributed by atoms with Crippen molar-refractivity contribution in [3.05, 3.63) is 29.6 Å². The van der Waals surface area contributed by atoms with E-state index in [1.54, 1.807) is 0 Å². The Kier molecular flexibility index (Phi) is 4.91. The third-order valence-electron chi connectivity index (χ3n) is 5.16. The van der Waals surface area contributed by atoms with Gasteiger partial charge in [0.2, 0.25) is 0 Å². The van der Waals surface area contributed by atoms with Crippen molar-refractivity contribution in [2.45, 2.75) is 64.6 Å². The Morgan fingerprint density at radius 2 is 2.05 bits per heavy atom. The van der Waals surface area contributed by atoms with Gasteiger partial charge < -0.3 is 5.32 Å². The number of aryl methyl sites for hydroxylation is 1. The number of hydrogen-bond donors (Lipinski definition) is 1. The van der Waals surface area contributed by atoms with Crippen molar-refractivity contribution in [3.8, 4) is 0 Å². The Hall–Kier alpha value is -0.930. The van der Waals surface area contributed by atoms with E-state index < -0.39 is 0 Å². The number of nitrogens with zero attached hydrogens (tertiary/aromatic N) is 2. The highest BCUT2D eigenvalue weighted by molar-refractivity contribution is 5.10. The third kappa shape index (κ3) is 3.83. The number of rotatable bonds is 3. The van der Waals surface area contributed by atoms with Crippen LogP contribution < -0.4 is 5.32 Å². The smallest absolute Gasteiger partial charge is 0.0547 e. The Labute approximate surface area is 129 Å². The number of piperazine rings is 1. The molecule has 0 spiro atoms. The molecule has 3 rings (SSSR count). The van der Waals surface area contributed by atoms with Gasteiger partial charge in [0, 0.05) is 37.4 Å². The largest absolute Gasteiger partial charge is 0.311 e. The van der Waals surface area contributed by atoms with Gasteiger partial charge >= 0.3 is 0 Å². The molecule has 0 amide bonds. The Bertz CT molecular complexity index is 454. The van der Waals surface area contributed by atoms with Gasteiger partial charge in [-0.05, 0) is 44.7 Å². The first-order valence-corrected chi connectivity index (χ1v) is 8.62. The standard InChI is InChI=1S/C18H29N3/c1-14-7-6-10-17(20-14)13-21-12-15(2)19-11-18(21)16-8-4-3-5-9-16/h6-7,10,15-16,18-19H,3-5,8-9,11-13H2,1-2H3. The summed E-state index contributed by atoms with van der Waals surface area (Å²) in [5.74, 6) is 0.878. The molecular formula is C18H29N3. The predicted molar refractivity (Wildman–Crippen MR) is 87.2 cm³/mol. The van der Waals surface area contributed by atoms with Crippen LogP contribution in [-0.2, 0) is 6.54 Å². The minimum absolute atomic E-state index is 0.592. The fourth-order valence-corrected chi connectivity index (χ4v) is 4.06. The van der Waals surface area contributed by atoms with Gasteiger partial charge in [0.1, 0.15) is 0 Å². The fourth-order valence-electron chi connectivity index (χ4n) is 4.06. The molecule has 21 heavy (non-hydrogen) atoms. The van der Waals surface area contributed by atoms with Gasteiger partial charge in [-0.3, -0.25) is 9.88 Å². The number of pyridine rings is 1. The zero-order valence-corrected chi connectivity index (χ0v) is 13.5. The molecule has 2 atom stereocenters. The SMILES string of the molecule is Cc1cccc(CN2CC(C)NCC2C2CCCCC2)n1. The minimum Gasteiger partial charge on any atom is -0.311 e. The summed E-state index contributed by atoms with van der Waals surface area (Å²) in [4.78, 5) is 7.40. The lowest BCUT2D eigenvalue weighted by Gasteiger charge is -2.44. The van der Waals surface area contributed by atoms with Crippen molar-refractivity contribution in [1.29, 1.82) is 0 Å². The van der Waals surface area contributed by atoms with E-state index in [1.165, 1.54) is 37.8 Å². The van der Waals surface area contributed by atoms with Crippen LogP contribution in [0.25, 0.3) is 0 Å². The monoisotopic (exact) mass is 287 g/mol. The summed E-state index contributed by atoms with van der Waals surface area (Å²) in [6.45, 7) is 7.69. The van der Waals surface area contributed by atoms with E-state index in [9.17, 15) is 0 Å². The number of aromatic nitrogens is 1. The van der Waals surface area contributed by atoms with Crippen molar-refractivity contribution in [2.75, 3.05) is 13.1 Å². The molecule has 2 heterocycles. The molecule has 2 fully saturated rings. The number of hydrogen-bond acceptors (Lipinski definition) is 3. The highest BCUT2D eigenvalue weighted by Crippen LogP contribution is 2.30. The lowest BCUT2D eigenvalue weighted by atomic mass is 9.82. The van der Waals surface area contributed by atoms with Crippen LogP contribution in [-0.4, -0.2) is 35.1 Å². The van der Waals surface area contributed by atoms with Crippen molar-refractivity contribution < 1.29 is 0 Å². The number of nitrogens with one attached hydrogen (secondary N) is 1. The highest BCUT2D eigenvalue weighted by Gasteiger charge is 2.32. The topological polar surface area (TPSA) is 28.2 Å². The van der Waals surface area contributed by atoms with Gasteiger partial charge in [0.05, 0.1) is 5.69 Å². The molecule has 3 nitrogen and oxygen atoms in total. The van der Waals surface area contributed by atoms with E-state index in [4.69, 9.17) is 4.98 Å². The average molecular weight is 287 g/mol. The molecule has 3 heteroatoms. The van der Waals surface area contributed by atoms with Crippen molar-refractivity contribution in [2.24, 2.45) is 5.92 Å². The first kappa shape index (κ1) is 15.0. The quantitative estimate of drug-likeness (QED) is 0.926. The molecule has 1 saturated heterocycles. The van der Waals surface area contributed by atoms with E-state index >= 15 is 0 Å². The van der Waals surface area contributed by atoms with Crippen molar-refractivity contribution in [1.82, 2.24) is 15.2 Å². The second kappa shape index (κ2) is 6.89. The fraction of sp³-hybridized carbons (Fsp3) is 0.722. The maximum absolute atomic E-state index is 4.71. The summed E-state index contributed by atoms with van der Waals surface area (Å²) in [6, 6.07) is 7.69. The summed E-state index contributed by atoms with van der Waals surface area (Å²) in [6.07, 6.45) is 7.12. The molecule has 1 saturated carbocycles. The molecule has 2 unspecified atom stereocenters. The van der Waals surface area contributed by atoms with E-state index in [1.807, 2.05) is 0 Å². The zero-order chi connectivity index (χ0) is 14.7. The Morgan fingerprint density at radius 1 is 1.24 bits per heavy atom. The molecule has 1 N–H and O–H groups in total. The van der Waals surface area contributed by atoms with E-state index in [-0.39, 0.29) is 0 Å². The van der Waals surface area contributed by atoms with Gasteiger partial charge in [-0.2, -0.15) is 0 Å². The van der Waals surface area contributed by atoms with Crippen LogP contribution in [0.4, 0.5) is 0 Å². The molecule has 1 aromatic rings. The lowest BCUT2D eigenvalue weighted by Crippen LogP contribution is -2.57. The van der Waals surface area contributed by atoms with Crippen LogP contribution >= 0.6 is 0 Å². The normalized spacial score (nSPS) is 28.7. The first-order valence-electron chi connectivity index (χ1n) is 8.62.